The molecule has 1 aliphatic heterocycles. The number of aromatic nitrogens is 1. The number of nitrogens with one attached hydrogen (secondary N) is 1. The Bertz CT molecular complexity index is 591. The number of ether oxygens (including phenoxy) is 1. The Morgan fingerprint density at radius 2 is 1.88 bits per heavy atom. The van der Waals surface area contributed by atoms with E-state index in [-0.39, 0.29) is 11.2 Å². The van der Waals surface area contributed by atoms with Crippen molar-refractivity contribution < 1.29 is 9.53 Å². The summed E-state index contributed by atoms with van der Waals surface area (Å²) in [7, 11) is 2.99. The lowest BCUT2D eigenvalue weighted by atomic mass is 9.95. The van der Waals surface area contributed by atoms with Gasteiger partial charge >= 0.3 is 6.09 Å². The lowest BCUT2D eigenvalue weighted by Gasteiger charge is -2.39. The molecule has 5 nitrogen and oxygen atoms in total. The molecule has 26 heavy (non-hydrogen) atoms. The van der Waals surface area contributed by atoms with Crippen molar-refractivity contribution in [3.05, 3.63) is 23.5 Å². The van der Waals surface area contributed by atoms with E-state index in [0.29, 0.717) is 0 Å². The number of rotatable bonds is 3. The molecular formula is C20H36N3O2P. The van der Waals surface area contributed by atoms with Gasteiger partial charge < -0.3 is 15.0 Å². The quantitative estimate of drug-likeness (QED) is 0.766. The van der Waals surface area contributed by atoms with Gasteiger partial charge in [-0.25, -0.2) is 4.79 Å². The number of nitrogens with zero attached hydrogens (tertiary/aromatic N) is 2. The fourth-order valence-corrected chi connectivity index (χ4v) is 3.09. The minimum atomic E-state index is -0.440. The van der Waals surface area contributed by atoms with E-state index in [1.165, 1.54) is 0 Å². The highest BCUT2D eigenvalue weighted by atomic mass is 31.0. The van der Waals surface area contributed by atoms with E-state index in [2.05, 4.69) is 32.5 Å². The summed E-state index contributed by atoms with van der Waals surface area (Å²) in [5, 5.41) is 3.65. The summed E-state index contributed by atoms with van der Waals surface area (Å²) in [6, 6.07) is 2.08. The molecule has 6 heteroatoms. The van der Waals surface area contributed by atoms with Crippen molar-refractivity contribution in [2.75, 3.05) is 25.0 Å². The SMILES string of the molecule is CC.Cc1cc(NCC2(P)CCN(C(=O)OC(C)(C)C)CC2)c(C)cn1. The van der Waals surface area contributed by atoms with Crippen LogP contribution in [0, 0.1) is 13.8 Å². The molecule has 0 saturated carbocycles. The summed E-state index contributed by atoms with van der Waals surface area (Å²) < 4.78 is 5.46. The van der Waals surface area contributed by atoms with Gasteiger partial charge in [0.2, 0.25) is 0 Å². The molecule has 1 aromatic heterocycles. The number of pyridine rings is 1. The molecular weight excluding hydrogens is 345 g/mol. The number of carbonyl (C=O) groups excluding carboxylic acids is 1. The van der Waals surface area contributed by atoms with E-state index in [9.17, 15) is 4.79 Å². The van der Waals surface area contributed by atoms with Crippen LogP contribution in [0.2, 0.25) is 0 Å². The number of carbonyl (C=O) groups is 1. The van der Waals surface area contributed by atoms with Crippen LogP contribution in [0.3, 0.4) is 0 Å². The maximum atomic E-state index is 12.2. The Morgan fingerprint density at radius 1 is 1.31 bits per heavy atom. The van der Waals surface area contributed by atoms with E-state index in [1.54, 1.807) is 0 Å². The lowest BCUT2D eigenvalue weighted by Crippen LogP contribution is -2.48. The van der Waals surface area contributed by atoms with Crippen molar-refractivity contribution in [2.24, 2.45) is 0 Å². The summed E-state index contributed by atoms with van der Waals surface area (Å²) in [6.45, 7) is 16.1. The molecule has 0 radical (unpaired) electrons. The van der Waals surface area contributed by atoms with Crippen molar-refractivity contribution in [3.63, 3.8) is 0 Å². The highest BCUT2D eigenvalue weighted by Gasteiger charge is 2.33. The van der Waals surface area contributed by atoms with Gasteiger partial charge in [-0.1, -0.05) is 13.8 Å². The molecule has 1 saturated heterocycles. The standard InChI is InChI=1S/C18H30N3O2P.C2H6/c1-13-11-19-14(2)10-15(13)20-12-18(24)6-8-21(9-7-18)16(22)23-17(3,4)5;1-2/h10-11H,6-9,12,24H2,1-5H3,(H,19,20);1-2H3. The van der Waals surface area contributed by atoms with Gasteiger partial charge in [-0.05, 0) is 59.1 Å². The second kappa shape index (κ2) is 9.55. The highest BCUT2D eigenvalue weighted by molar-refractivity contribution is 7.19. The molecule has 0 spiro atoms. The number of anilines is 1. The monoisotopic (exact) mass is 381 g/mol. The summed E-state index contributed by atoms with van der Waals surface area (Å²) >= 11 is 0. The molecule has 148 valence electrons. The third kappa shape index (κ3) is 7.11. The zero-order chi connectivity index (χ0) is 20.0. The van der Waals surface area contributed by atoms with Crippen LogP contribution in [0.1, 0.15) is 58.7 Å². The molecule has 2 heterocycles. The zero-order valence-corrected chi connectivity index (χ0v) is 18.6. The van der Waals surface area contributed by atoms with Crippen LogP contribution in [0.5, 0.6) is 0 Å². The van der Waals surface area contributed by atoms with E-state index >= 15 is 0 Å². The van der Waals surface area contributed by atoms with Gasteiger partial charge in [0.25, 0.3) is 0 Å². The summed E-state index contributed by atoms with van der Waals surface area (Å²) in [5.74, 6) is 0. The Labute approximate surface area is 161 Å². The van der Waals surface area contributed by atoms with Gasteiger partial charge in [0.1, 0.15) is 5.60 Å². The Balaban J connectivity index is 0.00000163. The highest BCUT2D eigenvalue weighted by Crippen LogP contribution is 2.33. The molecule has 0 aromatic carbocycles. The molecule has 1 atom stereocenters. The summed E-state index contributed by atoms with van der Waals surface area (Å²) in [6.07, 6.45) is 3.57. The van der Waals surface area contributed by atoms with Crippen molar-refractivity contribution in [3.8, 4) is 0 Å². The fourth-order valence-electron chi connectivity index (χ4n) is 2.73. The molecule has 1 unspecified atom stereocenters. The average Bonchev–Trinajstić information content (AvgIpc) is 2.57. The van der Waals surface area contributed by atoms with Crippen molar-refractivity contribution in [2.45, 2.75) is 72.1 Å². The van der Waals surface area contributed by atoms with E-state index in [0.717, 1.165) is 49.4 Å². The van der Waals surface area contributed by atoms with E-state index < -0.39 is 5.60 Å². The first-order valence-electron chi connectivity index (χ1n) is 9.52. The number of likely N-dealkylation sites (tertiary alicyclic amines) is 1. The number of hydrogen-bond donors (Lipinski definition) is 1. The second-order valence-corrected chi connectivity index (χ2v) is 9.05. The van der Waals surface area contributed by atoms with E-state index in [1.807, 2.05) is 52.6 Å². The molecule has 1 N–H and O–H groups in total. The van der Waals surface area contributed by atoms with Gasteiger partial charge in [-0.3, -0.25) is 4.98 Å². The van der Waals surface area contributed by atoms with Crippen molar-refractivity contribution in [1.82, 2.24) is 9.88 Å². The maximum absolute atomic E-state index is 12.2. The summed E-state index contributed by atoms with van der Waals surface area (Å²) in [5.41, 5.74) is 2.87. The molecule has 0 aliphatic carbocycles. The van der Waals surface area contributed by atoms with Crippen LogP contribution in [0.25, 0.3) is 0 Å². The van der Waals surface area contributed by atoms with Crippen LogP contribution >= 0.6 is 9.24 Å². The van der Waals surface area contributed by atoms with Gasteiger partial charge in [0.05, 0.1) is 0 Å². The minimum absolute atomic E-state index is 0.0993. The van der Waals surface area contributed by atoms with Crippen LogP contribution in [-0.2, 0) is 4.74 Å². The third-order valence-electron chi connectivity index (χ3n) is 4.28. The molecule has 1 aromatic rings. The van der Waals surface area contributed by atoms with Gasteiger partial charge in [0.15, 0.2) is 0 Å². The van der Waals surface area contributed by atoms with Gasteiger partial charge in [-0.15, -0.1) is 9.24 Å². The summed E-state index contributed by atoms with van der Waals surface area (Å²) in [4.78, 5) is 18.3. The van der Waals surface area contributed by atoms with Crippen molar-refractivity contribution in [1.29, 1.82) is 0 Å². The minimum Gasteiger partial charge on any atom is -0.444 e. The zero-order valence-electron chi connectivity index (χ0n) is 17.5. The Hall–Kier alpha value is -1.35. The third-order valence-corrected chi connectivity index (χ3v) is 5.06. The normalized spacial score (nSPS) is 16.4. The predicted molar refractivity (Wildman–Crippen MR) is 113 cm³/mol. The first kappa shape index (κ1) is 22.7. The predicted octanol–water partition coefficient (Wildman–Crippen LogP) is 4.78. The maximum Gasteiger partial charge on any atom is 0.410 e. The average molecular weight is 382 g/mol. The second-order valence-electron chi connectivity index (χ2n) is 7.82. The van der Waals surface area contributed by atoms with Crippen molar-refractivity contribution >= 4 is 21.0 Å². The number of amides is 1. The Kier molecular flexibility index (Phi) is 8.33. The number of aryl methyl sites for hydroxylation is 2. The topological polar surface area (TPSA) is 54.5 Å². The smallest absolute Gasteiger partial charge is 0.410 e. The fraction of sp³-hybridized carbons (Fsp3) is 0.700. The Morgan fingerprint density at radius 3 is 2.42 bits per heavy atom. The largest absolute Gasteiger partial charge is 0.444 e. The number of hydrogen-bond acceptors (Lipinski definition) is 4. The van der Waals surface area contributed by atoms with Crippen LogP contribution in [0.4, 0.5) is 10.5 Å². The first-order valence-corrected chi connectivity index (χ1v) is 10.1. The molecule has 1 amide bonds. The molecule has 1 aliphatic rings. The van der Waals surface area contributed by atoms with Gasteiger partial charge in [-0.2, -0.15) is 0 Å². The van der Waals surface area contributed by atoms with Crippen LogP contribution in [-0.4, -0.2) is 46.4 Å². The molecule has 0 bridgehead atoms. The van der Waals surface area contributed by atoms with Crippen LogP contribution < -0.4 is 5.32 Å². The lowest BCUT2D eigenvalue weighted by molar-refractivity contribution is 0.0200. The van der Waals surface area contributed by atoms with E-state index in [4.69, 9.17) is 4.74 Å². The van der Waals surface area contributed by atoms with Crippen LogP contribution in [0.15, 0.2) is 12.3 Å². The van der Waals surface area contributed by atoms with Gasteiger partial charge in [0, 0.05) is 42.4 Å². The molecule has 2 rings (SSSR count). The molecule has 1 fully saturated rings. The number of piperidine rings is 1. The first-order chi connectivity index (χ1) is 12.1.